The number of nitro groups is 2. The molecule has 142 valence electrons. The van der Waals surface area contributed by atoms with Crippen LogP contribution in [0, 0.1) is 31.6 Å². The third-order valence-electron chi connectivity index (χ3n) is 5.29. The molecule has 0 saturated heterocycles. The van der Waals surface area contributed by atoms with Gasteiger partial charge in [-0.15, -0.1) is 0 Å². The summed E-state index contributed by atoms with van der Waals surface area (Å²) in [6.45, 7) is 6.85. The SMILES string of the molecule is CCCC(C)(C)C1CCC(=NNc2ccc([N+](=O)[O-])cc2[N+](=O)[O-])CC1. The predicted molar refractivity (Wildman–Crippen MR) is 101 cm³/mol. The number of nitrogens with zero attached hydrogens (tertiary/aromatic N) is 3. The molecule has 1 fully saturated rings. The monoisotopic (exact) mass is 362 g/mol. The highest BCUT2D eigenvalue weighted by Gasteiger charge is 2.31. The van der Waals surface area contributed by atoms with Crippen molar-refractivity contribution in [2.24, 2.45) is 16.4 Å². The second-order valence-electron chi connectivity index (χ2n) is 7.52. The van der Waals surface area contributed by atoms with Crippen LogP contribution in [-0.4, -0.2) is 15.6 Å². The standard InChI is InChI=1S/C18H26N4O4/c1-4-11-18(2,3)13-5-7-14(8-6-13)19-20-16-10-9-15(21(23)24)12-17(16)22(25)26/h9-10,12-13,20H,4-8,11H2,1-3H3. The average molecular weight is 362 g/mol. The van der Waals surface area contributed by atoms with Gasteiger partial charge in [-0.25, -0.2) is 0 Å². The van der Waals surface area contributed by atoms with Crippen molar-refractivity contribution in [3.8, 4) is 0 Å². The molecule has 0 radical (unpaired) electrons. The van der Waals surface area contributed by atoms with E-state index in [1.807, 2.05) is 0 Å². The summed E-state index contributed by atoms with van der Waals surface area (Å²) in [7, 11) is 0. The lowest BCUT2D eigenvalue weighted by Gasteiger charge is -2.37. The van der Waals surface area contributed by atoms with Gasteiger partial charge in [-0.1, -0.05) is 27.2 Å². The highest BCUT2D eigenvalue weighted by Crippen LogP contribution is 2.40. The third kappa shape index (κ3) is 4.77. The van der Waals surface area contributed by atoms with Crippen molar-refractivity contribution in [2.45, 2.75) is 59.3 Å². The lowest BCUT2D eigenvalue weighted by atomic mass is 9.68. The molecule has 2 rings (SSSR count). The molecule has 0 heterocycles. The Hall–Kier alpha value is -2.51. The van der Waals surface area contributed by atoms with Crippen LogP contribution in [0.4, 0.5) is 17.1 Å². The number of hydrogen-bond donors (Lipinski definition) is 1. The van der Waals surface area contributed by atoms with Crippen molar-refractivity contribution < 1.29 is 9.85 Å². The first-order chi connectivity index (χ1) is 12.2. The van der Waals surface area contributed by atoms with E-state index in [-0.39, 0.29) is 17.1 Å². The molecular formula is C18H26N4O4. The van der Waals surface area contributed by atoms with Gasteiger partial charge < -0.3 is 0 Å². The highest BCUT2D eigenvalue weighted by atomic mass is 16.6. The van der Waals surface area contributed by atoms with E-state index in [4.69, 9.17) is 0 Å². The lowest BCUT2D eigenvalue weighted by Crippen LogP contribution is -2.28. The quantitative estimate of drug-likeness (QED) is 0.523. The van der Waals surface area contributed by atoms with Crippen molar-refractivity contribution in [3.05, 3.63) is 38.4 Å². The smallest absolute Gasteiger partial charge is 0.272 e. The molecule has 8 heteroatoms. The Labute approximate surface area is 153 Å². The molecule has 0 bridgehead atoms. The molecule has 8 nitrogen and oxygen atoms in total. The van der Waals surface area contributed by atoms with Gasteiger partial charge in [0.2, 0.25) is 0 Å². The molecule has 1 aromatic rings. The fraction of sp³-hybridized carbons (Fsp3) is 0.611. The van der Waals surface area contributed by atoms with Gasteiger partial charge in [-0.3, -0.25) is 25.7 Å². The zero-order valence-electron chi connectivity index (χ0n) is 15.5. The molecule has 0 aromatic heterocycles. The fourth-order valence-corrected chi connectivity index (χ4v) is 3.71. The number of hydrazone groups is 1. The van der Waals surface area contributed by atoms with Crippen LogP contribution in [0.3, 0.4) is 0 Å². The first-order valence-electron chi connectivity index (χ1n) is 8.99. The fourth-order valence-electron chi connectivity index (χ4n) is 3.71. The summed E-state index contributed by atoms with van der Waals surface area (Å²) in [5.41, 5.74) is 3.55. The highest BCUT2D eigenvalue weighted by molar-refractivity contribution is 5.86. The maximum Gasteiger partial charge on any atom is 0.301 e. The first kappa shape index (κ1) is 19.8. The van der Waals surface area contributed by atoms with Crippen molar-refractivity contribution in [2.75, 3.05) is 5.43 Å². The maximum atomic E-state index is 11.2. The molecule has 26 heavy (non-hydrogen) atoms. The summed E-state index contributed by atoms with van der Waals surface area (Å²) in [4.78, 5) is 20.7. The molecule has 0 aliphatic heterocycles. The van der Waals surface area contributed by atoms with Crippen molar-refractivity contribution >= 4 is 22.8 Å². The van der Waals surface area contributed by atoms with Gasteiger partial charge in [0.05, 0.1) is 15.9 Å². The van der Waals surface area contributed by atoms with E-state index >= 15 is 0 Å². The van der Waals surface area contributed by atoms with Gasteiger partial charge in [0.15, 0.2) is 0 Å². The molecule has 0 atom stereocenters. The molecule has 1 aliphatic rings. The van der Waals surface area contributed by atoms with E-state index in [1.165, 1.54) is 25.0 Å². The maximum absolute atomic E-state index is 11.2. The van der Waals surface area contributed by atoms with Crippen LogP contribution in [0.15, 0.2) is 23.3 Å². The van der Waals surface area contributed by atoms with E-state index in [0.717, 1.165) is 37.5 Å². The Morgan fingerprint density at radius 1 is 1.19 bits per heavy atom. The van der Waals surface area contributed by atoms with Crippen LogP contribution in [0.2, 0.25) is 0 Å². The normalized spacial score (nSPS) is 17.7. The number of rotatable bonds is 7. The number of hydrogen-bond acceptors (Lipinski definition) is 6. The molecule has 1 aliphatic carbocycles. The van der Waals surface area contributed by atoms with Crippen LogP contribution in [-0.2, 0) is 0 Å². The van der Waals surface area contributed by atoms with Crippen molar-refractivity contribution in [3.63, 3.8) is 0 Å². The number of non-ortho nitro benzene ring substituents is 1. The minimum Gasteiger partial charge on any atom is -0.272 e. The molecule has 1 aromatic carbocycles. The zero-order chi connectivity index (χ0) is 19.3. The van der Waals surface area contributed by atoms with E-state index in [2.05, 4.69) is 31.3 Å². The van der Waals surface area contributed by atoms with Gasteiger partial charge in [-0.05, 0) is 49.5 Å². The van der Waals surface area contributed by atoms with Crippen LogP contribution in [0.5, 0.6) is 0 Å². The van der Waals surface area contributed by atoms with Crippen LogP contribution in [0.1, 0.15) is 59.3 Å². The summed E-state index contributed by atoms with van der Waals surface area (Å²) in [6.07, 6.45) is 6.25. The van der Waals surface area contributed by atoms with Crippen LogP contribution >= 0.6 is 0 Å². The second-order valence-corrected chi connectivity index (χ2v) is 7.52. The third-order valence-corrected chi connectivity index (χ3v) is 5.29. The summed E-state index contributed by atoms with van der Waals surface area (Å²) in [5, 5.41) is 26.3. The Balaban J connectivity index is 2.05. The Morgan fingerprint density at radius 2 is 1.85 bits per heavy atom. The van der Waals surface area contributed by atoms with E-state index < -0.39 is 9.85 Å². The summed E-state index contributed by atoms with van der Waals surface area (Å²) < 4.78 is 0. The number of anilines is 1. The Kier molecular flexibility index (Phi) is 6.28. The number of nitro benzene ring substituents is 2. The van der Waals surface area contributed by atoms with E-state index in [1.54, 1.807) is 0 Å². The summed E-state index contributed by atoms with van der Waals surface area (Å²) >= 11 is 0. The molecule has 0 amide bonds. The topological polar surface area (TPSA) is 111 Å². The van der Waals surface area contributed by atoms with Crippen molar-refractivity contribution in [1.82, 2.24) is 0 Å². The minimum atomic E-state index is -0.651. The Morgan fingerprint density at radius 3 is 2.38 bits per heavy atom. The van der Waals surface area contributed by atoms with Gasteiger partial charge in [-0.2, -0.15) is 5.10 Å². The van der Waals surface area contributed by atoms with Gasteiger partial charge in [0.25, 0.3) is 5.69 Å². The zero-order valence-corrected chi connectivity index (χ0v) is 15.5. The number of nitrogens with one attached hydrogen (secondary N) is 1. The molecule has 0 unspecified atom stereocenters. The summed E-state index contributed by atoms with van der Waals surface area (Å²) in [6, 6.07) is 3.52. The van der Waals surface area contributed by atoms with Gasteiger partial charge in [0.1, 0.15) is 5.69 Å². The van der Waals surface area contributed by atoms with E-state index in [9.17, 15) is 20.2 Å². The largest absolute Gasteiger partial charge is 0.301 e. The average Bonchev–Trinajstić information content (AvgIpc) is 2.60. The number of benzene rings is 1. The Bertz CT molecular complexity index is 705. The molecule has 0 spiro atoms. The van der Waals surface area contributed by atoms with Crippen LogP contribution < -0.4 is 5.43 Å². The molecule has 1 N–H and O–H groups in total. The predicted octanol–water partition coefficient (Wildman–Crippen LogP) is 5.29. The minimum absolute atomic E-state index is 0.168. The van der Waals surface area contributed by atoms with Crippen molar-refractivity contribution in [1.29, 1.82) is 0 Å². The second kappa shape index (κ2) is 8.25. The van der Waals surface area contributed by atoms with Gasteiger partial charge in [0, 0.05) is 11.8 Å². The lowest BCUT2D eigenvalue weighted by molar-refractivity contribution is -0.393. The molecule has 1 saturated carbocycles. The summed E-state index contributed by atoms with van der Waals surface area (Å²) in [5.74, 6) is 0.662. The van der Waals surface area contributed by atoms with E-state index in [0.29, 0.717) is 11.3 Å². The molecular weight excluding hydrogens is 336 g/mol. The van der Waals surface area contributed by atoms with Gasteiger partial charge >= 0.3 is 5.69 Å². The van der Waals surface area contributed by atoms with Crippen LogP contribution in [0.25, 0.3) is 0 Å². The first-order valence-corrected chi connectivity index (χ1v) is 8.99.